The van der Waals surface area contributed by atoms with Gasteiger partial charge < -0.3 is 4.98 Å². The van der Waals surface area contributed by atoms with Gasteiger partial charge in [0.25, 0.3) is 0 Å². The topological polar surface area (TPSA) is 33.1 Å². The van der Waals surface area contributed by atoms with Crippen molar-refractivity contribution in [2.45, 2.75) is 13.8 Å². The number of benzene rings is 2. The van der Waals surface area contributed by atoms with E-state index in [0.29, 0.717) is 4.77 Å². The average Bonchev–Trinajstić information content (AvgIpc) is 3.04. The van der Waals surface area contributed by atoms with Crippen molar-refractivity contribution in [3.63, 3.8) is 0 Å². The maximum absolute atomic E-state index is 13.6. The van der Waals surface area contributed by atoms with Gasteiger partial charge >= 0.3 is 0 Å². The molecule has 0 radical (unpaired) electrons. The lowest BCUT2D eigenvalue weighted by molar-refractivity contribution is 0.628. The third kappa shape index (κ3) is 2.76. The van der Waals surface area contributed by atoms with Crippen LogP contribution in [0.2, 0.25) is 0 Å². The SMILES string of the molecule is Cc1ccc(-c2cn3c(=S)ncc(-c4cccc(F)c4)c3[nH]2)cc1C. The molecule has 124 valence electrons. The second-order valence-corrected chi connectivity index (χ2v) is 6.52. The summed E-state index contributed by atoms with van der Waals surface area (Å²) in [7, 11) is 0. The summed E-state index contributed by atoms with van der Waals surface area (Å²) in [5.41, 5.74) is 6.86. The molecule has 2 aromatic carbocycles. The lowest BCUT2D eigenvalue weighted by Crippen LogP contribution is -1.92. The number of nitrogens with zero attached hydrogens (tertiary/aromatic N) is 2. The molecular formula is C20H16FN3S. The minimum Gasteiger partial charge on any atom is -0.339 e. The molecule has 0 aliphatic heterocycles. The van der Waals surface area contributed by atoms with Gasteiger partial charge in [-0.2, -0.15) is 0 Å². The fourth-order valence-corrected chi connectivity index (χ4v) is 3.12. The van der Waals surface area contributed by atoms with Crippen molar-refractivity contribution in [1.82, 2.24) is 14.4 Å². The Morgan fingerprint density at radius 2 is 1.88 bits per heavy atom. The highest BCUT2D eigenvalue weighted by Crippen LogP contribution is 2.28. The van der Waals surface area contributed by atoms with E-state index in [1.807, 2.05) is 16.7 Å². The van der Waals surface area contributed by atoms with Crippen LogP contribution >= 0.6 is 12.2 Å². The van der Waals surface area contributed by atoms with Crippen LogP contribution in [0.15, 0.2) is 54.9 Å². The number of halogens is 1. The molecule has 0 bridgehead atoms. The Morgan fingerprint density at radius 1 is 1.04 bits per heavy atom. The van der Waals surface area contributed by atoms with E-state index in [0.717, 1.165) is 28.0 Å². The van der Waals surface area contributed by atoms with E-state index >= 15 is 0 Å². The van der Waals surface area contributed by atoms with Crippen molar-refractivity contribution in [3.8, 4) is 22.4 Å². The number of rotatable bonds is 2. The van der Waals surface area contributed by atoms with Crippen molar-refractivity contribution in [2.24, 2.45) is 0 Å². The summed E-state index contributed by atoms with van der Waals surface area (Å²) < 4.78 is 15.9. The molecule has 2 heterocycles. The normalized spacial score (nSPS) is 11.2. The molecule has 0 spiro atoms. The second kappa shape index (κ2) is 5.93. The van der Waals surface area contributed by atoms with Crippen LogP contribution in [0.5, 0.6) is 0 Å². The molecule has 3 nitrogen and oxygen atoms in total. The van der Waals surface area contributed by atoms with Crippen LogP contribution in [-0.4, -0.2) is 14.4 Å². The molecule has 4 aromatic rings. The molecule has 0 saturated carbocycles. The molecule has 1 N–H and O–H groups in total. The fraction of sp³-hybridized carbons (Fsp3) is 0.100. The smallest absolute Gasteiger partial charge is 0.205 e. The van der Waals surface area contributed by atoms with E-state index in [2.05, 4.69) is 42.0 Å². The van der Waals surface area contributed by atoms with E-state index in [-0.39, 0.29) is 5.82 Å². The van der Waals surface area contributed by atoms with Crippen LogP contribution in [0.1, 0.15) is 11.1 Å². The van der Waals surface area contributed by atoms with Crippen LogP contribution in [0.3, 0.4) is 0 Å². The van der Waals surface area contributed by atoms with Gasteiger partial charge in [-0.1, -0.05) is 24.3 Å². The Kier molecular flexibility index (Phi) is 3.73. The van der Waals surface area contributed by atoms with E-state index in [1.54, 1.807) is 12.3 Å². The van der Waals surface area contributed by atoms with Gasteiger partial charge in [0.15, 0.2) is 0 Å². The quantitative estimate of drug-likeness (QED) is 0.486. The first-order valence-electron chi connectivity index (χ1n) is 7.97. The zero-order valence-corrected chi connectivity index (χ0v) is 14.7. The van der Waals surface area contributed by atoms with Crippen LogP contribution in [-0.2, 0) is 0 Å². The summed E-state index contributed by atoms with van der Waals surface area (Å²) in [6.07, 6.45) is 3.63. The van der Waals surface area contributed by atoms with Crippen LogP contribution in [0, 0.1) is 24.4 Å². The van der Waals surface area contributed by atoms with Gasteiger partial charge in [-0.3, -0.25) is 4.40 Å². The predicted molar refractivity (Wildman–Crippen MR) is 101 cm³/mol. The first-order valence-corrected chi connectivity index (χ1v) is 8.38. The highest BCUT2D eigenvalue weighted by Gasteiger charge is 2.11. The highest BCUT2D eigenvalue weighted by molar-refractivity contribution is 7.71. The minimum absolute atomic E-state index is 0.279. The zero-order chi connectivity index (χ0) is 17.6. The molecule has 0 aliphatic carbocycles. The van der Waals surface area contributed by atoms with E-state index in [9.17, 15) is 4.39 Å². The number of aromatic nitrogens is 3. The Balaban J connectivity index is 1.96. The third-order valence-corrected chi connectivity index (χ3v) is 4.77. The van der Waals surface area contributed by atoms with Crippen molar-refractivity contribution >= 4 is 17.9 Å². The van der Waals surface area contributed by atoms with E-state index in [4.69, 9.17) is 12.2 Å². The van der Waals surface area contributed by atoms with E-state index in [1.165, 1.54) is 23.3 Å². The maximum atomic E-state index is 13.6. The molecule has 0 unspecified atom stereocenters. The monoisotopic (exact) mass is 349 g/mol. The lowest BCUT2D eigenvalue weighted by Gasteiger charge is -2.04. The molecule has 2 aromatic heterocycles. The maximum Gasteiger partial charge on any atom is 0.205 e. The highest BCUT2D eigenvalue weighted by atomic mass is 32.1. The number of hydrogen-bond acceptors (Lipinski definition) is 2. The summed E-state index contributed by atoms with van der Waals surface area (Å²) in [5.74, 6) is -0.279. The molecule has 4 rings (SSSR count). The molecule has 0 saturated heterocycles. The number of aromatic amines is 1. The van der Waals surface area contributed by atoms with Crippen LogP contribution in [0.4, 0.5) is 4.39 Å². The molecular weight excluding hydrogens is 333 g/mol. The summed E-state index contributed by atoms with van der Waals surface area (Å²) >= 11 is 5.36. The molecule has 0 atom stereocenters. The van der Waals surface area contributed by atoms with E-state index < -0.39 is 0 Å². The Hall–Kier alpha value is -2.79. The van der Waals surface area contributed by atoms with Gasteiger partial charge in [-0.25, -0.2) is 9.37 Å². The van der Waals surface area contributed by atoms with Crippen molar-refractivity contribution in [1.29, 1.82) is 0 Å². The molecule has 0 amide bonds. The molecule has 0 aliphatic rings. The second-order valence-electron chi connectivity index (χ2n) is 6.15. The number of aryl methyl sites for hydroxylation is 2. The average molecular weight is 349 g/mol. The number of imidazole rings is 1. The molecule has 5 heteroatoms. The Labute approximate surface area is 149 Å². The number of H-pyrrole nitrogens is 1. The van der Waals surface area contributed by atoms with Gasteiger partial charge in [0.2, 0.25) is 4.77 Å². The summed E-state index contributed by atoms with van der Waals surface area (Å²) in [6, 6.07) is 12.8. The molecule has 0 fully saturated rings. The number of fused-ring (bicyclic) bond motifs is 1. The lowest BCUT2D eigenvalue weighted by atomic mass is 10.0. The largest absolute Gasteiger partial charge is 0.339 e. The first kappa shape index (κ1) is 15.7. The van der Waals surface area contributed by atoms with Crippen LogP contribution < -0.4 is 0 Å². The third-order valence-electron chi connectivity index (χ3n) is 4.47. The fourth-order valence-electron chi connectivity index (χ4n) is 2.93. The number of hydrogen-bond donors (Lipinski definition) is 1. The molecule has 25 heavy (non-hydrogen) atoms. The van der Waals surface area contributed by atoms with Gasteiger partial charge in [-0.05, 0) is 66.5 Å². The van der Waals surface area contributed by atoms with Gasteiger partial charge in [-0.15, -0.1) is 0 Å². The van der Waals surface area contributed by atoms with Gasteiger partial charge in [0.05, 0.1) is 5.69 Å². The van der Waals surface area contributed by atoms with Gasteiger partial charge in [0, 0.05) is 18.0 Å². The summed E-state index contributed by atoms with van der Waals surface area (Å²) in [5, 5.41) is 0. The van der Waals surface area contributed by atoms with Crippen molar-refractivity contribution < 1.29 is 4.39 Å². The predicted octanol–water partition coefficient (Wildman–Crippen LogP) is 5.48. The van der Waals surface area contributed by atoms with Crippen LogP contribution in [0.25, 0.3) is 28.0 Å². The Bertz CT molecular complexity index is 1160. The van der Waals surface area contributed by atoms with Gasteiger partial charge in [0.1, 0.15) is 11.5 Å². The Morgan fingerprint density at radius 3 is 2.64 bits per heavy atom. The van der Waals surface area contributed by atoms with Crippen molar-refractivity contribution in [3.05, 3.63) is 76.6 Å². The first-order chi connectivity index (χ1) is 12.0. The minimum atomic E-state index is -0.279. The standard InChI is InChI=1S/C20H16FN3S/c1-12-6-7-15(8-13(12)2)18-11-24-19(23-18)17(10-22-20(24)25)14-4-3-5-16(21)9-14/h3-11,23H,1-2H3. The summed E-state index contributed by atoms with van der Waals surface area (Å²) in [6.45, 7) is 4.18. The van der Waals surface area contributed by atoms with Crippen molar-refractivity contribution in [2.75, 3.05) is 0 Å². The zero-order valence-electron chi connectivity index (χ0n) is 13.9. The summed E-state index contributed by atoms with van der Waals surface area (Å²) in [4.78, 5) is 7.71. The number of nitrogens with one attached hydrogen (secondary N) is 1.